The molecule has 1 aliphatic rings. The van der Waals surface area contributed by atoms with E-state index in [-0.39, 0.29) is 30.4 Å². The van der Waals surface area contributed by atoms with Crippen molar-refractivity contribution in [1.29, 1.82) is 0 Å². The maximum atomic E-state index is 12.8. The van der Waals surface area contributed by atoms with E-state index in [1.54, 1.807) is 18.2 Å². The summed E-state index contributed by atoms with van der Waals surface area (Å²) in [5.41, 5.74) is 1.43. The summed E-state index contributed by atoms with van der Waals surface area (Å²) in [5, 5.41) is 2.55. The topological polar surface area (TPSA) is 107 Å². The van der Waals surface area contributed by atoms with Crippen molar-refractivity contribution in [1.82, 2.24) is 10.2 Å². The smallest absolute Gasteiger partial charge is 0.373 e. The monoisotopic (exact) mass is 450 g/mol. The molecule has 3 rings (SSSR count). The molecule has 0 atom stereocenters. The molecule has 0 spiro atoms. The van der Waals surface area contributed by atoms with Crippen LogP contribution < -0.4 is 14.8 Å². The maximum absolute atomic E-state index is 12.8. The molecule has 0 aliphatic carbocycles. The number of furan rings is 1. The molecule has 1 aromatic carbocycles. The van der Waals surface area contributed by atoms with Gasteiger partial charge in [0.2, 0.25) is 5.76 Å². The first-order valence-electron chi connectivity index (χ1n) is 9.81. The summed E-state index contributed by atoms with van der Waals surface area (Å²) >= 11 is 0. The second kappa shape index (κ2) is 10.2. The number of nitrogens with zero attached hydrogens (tertiary/aromatic N) is 1. The Hall–Kier alpha value is -4.45. The molecular weight excluding hydrogens is 428 g/mol. The van der Waals surface area contributed by atoms with Crippen LogP contribution in [0.25, 0.3) is 6.08 Å². The zero-order valence-corrected chi connectivity index (χ0v) is 18.2. The third kappa shape index (κ3) is 5.07. The fourth-order valence-corrected chi connectivity index (χ4v) is 3.21. The second-order valence-corrected chi connectivity index (χ2v) is 6.83. The molecular formula is C24H22N2O7. The summed E-state index contributed by atoms with van der Waals surface area (Å²) in [6.07, 6.45) is 9.00. The van der Waals surface area contributed by atoms with Gasteiger partial charge in [0.1, 0.15) is 18.1 Å². The highest BCUT2D eigenvalue weighted by atomic mass is 16.5. The fraction of sp³-hybridized carbons (Fsp3) is 0.208. The molecule has 0 bridgehead atoms. The van der Waals surface area contributed by atoms with Gasteiger partial charge in [-0.2, -0.15) is 0 Å². The maximum Gasteiger partial charge on any atom is 0.373 e. The highest BCUT2D eigenvalue weighted by Gasteiger charge is 2.34. The zero-order chi connectivity index (χ0) is 24.0. The molecule has 1 N–H and O–H groups in total. The molecule has 3 amide bonds. The normalized spacial score (nSPS) is 14.1. The van der Waals surface area contributed by atoms with Crippen molar-refractivity contribution < 1.29 is 33.0 Å². The number of urea groups is 1. The number of terminal acetylenes is 1. The average Bonchev–Trinajstić information content (AvgIpc) is 3.38. The predicted molar refractivity (Wildman–Crippen MR) is 118 cm³/mol. The summed E-state index contributed by atoms with van der Waals surface area (Å²) in [7, 11) is 2.71. The van der Waals surface area contributed by atoms with Crippen molar-refractivity contribution in [3.8, 4) is 23.8 Å². The Morgan fingerprint density at radius 2 is 2.09 bits per heavy atom. The van der Waals surface area contributed by atoms with Crippen LogP contribution in [0.1, 0.15) is 27.4 Å². The van der Waals surface area contributed by atoms with Crippen molar-refractivity contribution >= 4 is 24.0 Å². The summed E-state index contributed by atoms with van der Waals surface area (Å²) in [4.78, 5) is 37.7. The van der Waals surface area contributed by atoms with Crippen LogP contribution >= 0.6 is 0 Å². The number of carbonyl (C=O) groups is 3. The number of benzene rings is 1. The lowest BCUT2D eigenvalue weighted by molar-refractivity contribution is -0.123. The van der Waals surface area contributed by atoms with Crippen LogP contribution in [0.2, 0.25) is 0 Å². The number of esters is 1. The number of imide groups is 1. The molecule has 0 radical (unpaired) electrons. The quantitative estimate of drug-likeness (QED) is 0.206. The van der Waals surface area contributed by atoms with Gasteiger partial charge in [-0.25, -0.2) is 9.59 Å². The van der Waals surface area contributed by atoms with E-state index in [9.17, 15) is 14.4 Å². The molecule has 9 nitrogen and oxygen atoms in total. The predicted octanol–water partition coefficient (Wildman–Crippen LogP) is 2.91. The van der Waals surface area contributed by atoms with Gasteiger partial charge in [-0.1, -0.05) is 12.0 Å². The number of nitrogens with one attached hydrogen (secondary N) is 1. The third-order valence-electron chi connectivity index (χ3n) is 4.67. The van der Waals surface area contributed by atoms with E-state index in [0.29, 0.717) is 23.5 Å². The first-order valence-corrected chi connectivity index (χ1v) is 9.81. The SMILES string of the molecule is C#CCOc1c(CC=C)cc(C=C2NC(=O)N(Cc3ccc(C(=O)OC)o3)C2=O)cc1OC. The molecule has 9 heteroatoms. The van der Waals surface area contributed by atoms with E-state index in [2.05, 4.69) is 22.6 Å². The van der Waals surface area contributed by atoms with Crippen LogP contribution in [-0.4, -0.2) is 43.6 Å². The minimum atomic E-state index is -0.655. The molecule has 33 heavy (non-hydrogen) atoms. The number of hydrogen-bond donors (Lipinski definition) is 1. The van der Waals surface area contributed by atoms with Gasteiger partial charge in [0, 0.05) is 5.56 Å². The van der Waals surface area contributed by atoms with E-state index >= 15 is 0 Å². The number of allylic oxidation sites excluding steroid dienone is 1. The lowest BCUT2D eigenvalue weighted by Crippen LogP contribution is -2.30. The van der Waals surface area contributed by atoms with Crippen LogP contribution in [0.3, 0.4) is 0 Å². The van der Waals surface area contributed by atoms with Crippen molar-refractivity contribution in [2.45, 2.75) is 13.0 Å². The highest BCUT2D eigenvalue weighted by Crippen LogP contribution is 2.34. The Morgan fingerprint density at radius 1 is 1.30 bits per heavy atom. The molecule has 1 saturated heterocycles. The van der Waals surface area contributed by atoms with Crippen molar-refractivity contribution in [2.24, 2.45) is 0 Å². The van der Waals surface area contributed by atoms with Gasteiger partial charge >= 0.3 is 12.0 Å². The van der Waals surface area contributed by atoms with Gasteiger partial charge < -0.3 is 23.9 Å². The lowest BCUT2D eigenvalue weighted by atomic mass is 10.0. The molecule has 170 valence electrons. The van der Waals surface area contributed by atoms with Crippen LogP contribution in [0.4, 0.5) is 4.79 Å². The number of amides is 3. The summed E-state index contributed by atoms with van der Waals surface area (Å²) < 4.78 is 21.0. The second-order valence-electron chi connectivity index (χ2n) is 6.83. The lowest BCUT2D eigenvalue weighted by Gasteiger charge is -2.14. The first-order chi connectivity index (χ1) is 15.9. The molecule has 2 aromatic rings. The number of carbonyl (C=O) groups excluding carboxylic acids is 3. The van der Waals surface area contributed by atoms with Crippen LogP contribution in [0.15, 0.2) is 47.0 Å². The fourth-order valence-electron chi connectivity index (χ4n) is 3.21. The zero-order valence-electron chi connectivity index (χ0n) is 18.2. The largest absolute Gasteiger partial charge is 0.493 e. The summed E-state index contributed by atoms with van der Waals surface area (Å²) in [6.45, 7) is 3.66. The molecule has 0 unspecified atom stereocenters. The van der Waals surface area contributed by atoms with Gasteiger partial charge in [0.05, 0.1) is 20.8 Å². The molecule has 1 aliphatic heterocycles. The van der Waals surface area contributed by atoms with Gasteiger partial charge in [-0.3, -0.25) is 9.69 Å². The van der Waals surface area contributed by atoms with E-state index in [1.165, 1.54) is 32.4 Å². The molecule has 2 heterocycles. The standard InChI is InChI=1S/C24H22N2O7/c1-5-7-16-11-15(13-20(30-3)21(16)32-10-6-2)12-18-22(27)26(24(29)25-18)14-17-8-9-19(33-17)23(28)31-4/h2,5,8-9,11-13H,1,7,10,14H2,3-4H3,(H,25,29). The van der Waals surface area contributed by atoms with Gasteiger partial charge in [0.25, 0.3) is 5.91 Å². The van der Waals surface area contributed by atoms with Gasteiger partial charge in [0.15, 0.2) is 11.5 Å². The Labute approximate surface area is 190 Å². The molecule has 1 aromatic heterocycles. The van der Waals surface area contributed by atoms with Crippen molar-refractivity contribution in [3.05, 3.63) is 65.3 Å². The Kier molecular flexibility index (Phi) is 7.20. The number of hydrogen-bond acceptors (Lipinski definition) is 7. The van der Waals surface area contributed by atoms with E-state index in [1.807, 2.05) is 0 Å². The van der Waals surface area contributed by atoms with E-state index < -0.39 is 17.9 Å². The summed E-state index contributed by atoms with van der Waals surface area (Å²) in [5.74, 6) is 2.35. The third-order valence-corrected chi connectivity index (χ3v) is 4.67. The summed E-state index contributed by atoms with van der Waals surface area (Å²) in [6, 6.07) is 5.75. The van der Waals surface area contributed by atoms with Gasteiger partial charge in [-0.15, -0.1) is 13.0 Å². The Morgan fingerprint density at radius 3 is 2.76 bits per heavy atom. The number of rotatable bonds is 9. The molecule has 1 fully saturated rings. The Bertz CT molecular complexity index is 1170. The van der Waals surface area contributed by atoms with Crippen LogP contribution in [0.5, 0.6) is 11.5 Å². The minimum Gasteiger partial charge on any atom is -0.493 e. The van der Waals surface area contributed by atoms with Crippen molar-refractivity contribution in [3.63, 3.8) is 0 Å². The van der Waals surface area contributed by atoms with Gasteiger partial charge in [-0.05, 0) is 42.3 Å². The Balaban J connectivity index is 1.87. The molecule has 0 saturated carbocycles. The van der Waals surface area contributed by atoms with E-state index in [0.717, 1.165) is 10.5 Å². The highest BCUT2D eigenvalue weighted by molar-refractivity contribution is 6.13. The first kappa shape index (κ1) is 23.2. The van der Waals surface area contributed by atoms with E-state index in [4.69, 9.17) is 20.3 Å². The minimum absolute atomic E-state index is 0.0238. The van der Waals surface area contributed by atoms with Crippen molar-refractivity contribution in [2.75, 3.05) is 20.8 Å². The number of methoxy groups -OCH3 is 2. The van der Waals surface area contributed by atoms with Crippen LogP contribution in [0, 0.1) is 12.3 Å². The van der Waals surface area contributed by atoms with Crippen LogP contribution in [-0.2, 0) is 22.5 Å². The number of ether oxygens (including phenoxy) is 3. The average molecular weight is 450 g/mol.